The highest BCUT2D eigenvalue weighted by Gasteiger charge is 2.08. The standard InChI is InChI=1S/C16H18ClNO/c1-12-6-7-16(14(8-12)11-19)18(2)10-13-4-3-5-15(17)9-13/h3-9,19H,10-11H2,1-2H3. The predicted octanol–water partition coefficient (Wildman–Crippen LogP) is 3.78. The molecule has 0 aromatic heterocycles. The number of benzene rings is 2. The van der Waals surface area contributed by atoms with Crippen LogP contribution in [0.25, 0.3) is 0 Å². The molecule has 0 atom stereocenters. The van der Waals surface area contributed by atoms with E-state index in [1.54, 1.807) is 0 Å². The molecule has 0 aliphatic heterocycles. The van der Waals surface area contributed by atoms with Gasteiger partial charge in [-0.1, -0.05) is 41.4 Å². The molecule has 0 heterocycles. The van der Waals surface area contributed by atoms with Crippen molar-refractivity contribution in [3.63, 3.8) is 0 Å². The van der Waals surface area contributed by atoms with Crippen LogP contribution >= 0.6 is 11.6 Å². The summed E-state index contributed by atoms with van der Waals surface area (Å²) in [4.78, 5) is 2.12. The normalized spacial score (nSPS) is 10.5. The fourth-order valence-electron chi connectivity index (χ4n) is 2.21. The Morgan fingerprint density at radius 1 is 1.16 bits per heavy atom. The molecule has 0 unspecified atom stereocenters. The van der Waals surface area contributed by atoms with Gasteiger partial charge in [-0.3, -0.25) is 0 Å². The van der Waals surface area contributed by atoms with E-state index in [-0.39, 0.29) is 6.61 Å². The Kier molecular flexibility index (Phi) is 4.46. The van der Waals surface area contributed by atoms with Gasteiger partial charge in [0.05, 0.1) is 6.61 Å². The summed E-state index contributed by atoms with van der Waals surface area (Å²) in [6.07, 6.45) is 0. The highest BCUT2D eigenvalue weighted by molar-refractivity contribution is 6.30. The molecule has 0 radical (unpaired) electrons. The number of hydrogen-bond donors (Lipinski definition) is 1. The second-order valence-electron chi connectivity index (χ2n) is 4.78. The summed E-state index contributed by atoms with van der Waals surface area (Å²) in [6, 6.07) is 14.0. The Morgan fingerprint density at radius 2 is 1.95 bits per heavy atom. The fraction of sp³-hybridized carbons (Fsp3) is 0.250. The first-order valence-corrected chi connectivity index (χ1v) is 6.64. The zero-order chi connectivity index (χ0) is 13.8. The Balaban J connectivity index is 2.22. The van der Waals surface area contributed by atoms with E-state index in [2.05, 4.69) is 17.0 Å². The first-order chi connectivity index (χ1) is 9.10. The number of aliphatic hydroxyl groups is 1. The summed E-state index contributed by atoms with van der Waals surface area (Å²) in [5.41, 5.74) is 4.31. The lowest BCUT2D eigenvalue weighted by atomic mass is 10.1. The predicted molar refractivity (Wildman–Crippen MR) is 80.7 cm³/mol. The highest BCUT2D eigenvalue weighted by Crippen LogP contribution is 2.23. The monoisotopic (exact) mass is 275 g/mol. The molecule has 1 N–H and O–H groups in total. The molecule has 2 nitrogen and oxygen atoms in total. The van der Waals surface area contributed by atoms with Gasteiger partial charge in [0.15, 0.2) is 0 Å². The average molecular weight is 276 g/mol. The third-order valence-corrected chi connectivity index (χ3v) is 3.36. The van der Waals surface area contributed by atoms with Crippen molar-refractivity contribution in [2.75, 3.05) is 11.9 Å². The van der Waals surface area contributed by atoms with Crippen LogP contribution in [0, 0.1) is 6.92 Å². The zero-order valence-electron chi connectivity index (χ0n) is 11.2. The Bertz CT molecular complexity index is 568. The molecule has 0 spiro atoms. The van der Waals surface area contributed by atoms with E-state index in [0.29, 0.717) is 0 Å². The van der Waals surface area contributed by atoms with Crippen LogP contribution in [0.4, 0.5) is 5.69 Å². The summed E-state index contributed by atoms with van der Waals surface area (Å²) < 4.78 is 0. The molecular weight excluding hydrogens is 258 g/mol. The molecule has 0 amide bonds. The lowest BCUT2D eigenvalue weighted by Crippen LogP contribution is -2.18. The molecule has 0 aliphatic carbocycles. The molecule has 2 aromatic carbocycles. The summed E-state index contributed by atoms with van der Waals surface area (Å²) in [6.45, 7) is 2.84. The second-order valence-corrected chi connectivity index (χ2v) is 5.21. The van der Waals surface area contributed by atoms with Gasteiger partial charge in [0.25, 0.3) is 0 Å². The number of rotatable bonds is 4. The van der Waals surface area contributed by atoms with Crippen molar-refractivity contribution in [2.45, 2.75) is 20.1 Å². The van der Waals surface area contributed by atoms with Crippen molar-refractivity contribution in [3.05, 3.63) is 64.2 Å². The minimum absolute atomic E-state index is 0.0525. The molecule has 19 heavy (non-hydrogen) atoms. The summed E-state index contributed by atoms with van der Waals surface area (Å²) >= 11 is 6.00. The van der Waals surface area contributed by atoms with Crippen LogP contribution < -0.4 is 4.90 Å². The van der Waals surface area contributed by atoms with Gasteiger partial charge < -0.3 is 10.0 Å². The molecule has 100 valence electrons. The topological polar surface area (TPSA) is 23.5 Å². The van der Waals surface area contributed by atoms with Gasteiger partial charge in [-0.15, -0.1) is 0 Å². The van der Waals surface area contributed by atoms with E-state index in [1.807, 2.05) is 44.3 Å². The molecule has 2 rings (SSSR count). The lowest BCUT2D eigenvalue weighted by molar-refractivity contribution is 0.282. The van der Waals surface area contributed by atoms with Crippen molar-refractivity contribution in [1.82, 2.24) is 0 Å². The molecule has 3 heteroatoms. The van der Waals surface area contributed by atoms with E-state index in [4.69, 9.17) is 11.6 Å². The summed E-state index contributed by atoms with van der Waals surface area (Å²) in [7, 11) is 2.02. The fourth-order valence-corrected chi connectivity index (χ4v) is 2.42. The molecular formula is C16H18ClNO. The molecule has 2 aromatic rings. The van der Waals surface area contributed by atoms with Crippen molar-refractivity contribution < 1.29 is 5.11 Å². The van der Waals surface area contributed by atoms with E-state index in [1.165, 1.54) is 0 Å². The Morgan fingerprint density at radius 3 is 2.63 bits per heavy atom. The molecule has 0 saturated carbocycles. The maximum atomic E-state index is 9.45. The van der Waals surface area contributed by atoms with Gasteiger partial charge in [0.2, 0.25) is 0 Å². The van der Waals surface area contributed by atoms with E-state index in [0.717, 1.165) is 33.9 Å². The second kappa shape index (κ2) is 6.09. The van der Waals surface area contributed by atoms with E-state index >= 15 is 0 Å². The van der Waals surface area contributed by atoms with Gasteiger partial charge in [-0.05, 0) is 30.7 Å². The van der Waals surface area contributed by atoms with Crippen LogP contribution in [0.2, 0.25) is 5.02 Å². The van der Waals surface area contributed by atoms with Gasteiger partial charge in [0, 0.05) is 29.9 Å². The summed E-state index contributed by atoms with van der Waals surface area (Å²) in [5.74, 6) is 0. The van der Waals surface area contributed by atoms with Gasteiger partial charge >= 0.3 is 0 Å². The SMILES string of the molecule is Cc1ccc(N(C)Cc2cccc(Cl)c2)c(CO)c1. The first kappa shape index (κ1) is 13.9. The number of hydrogen-bond acceptors (Lipinski definition) is 2. The molecule has 0 aliphatic rings. The number of halogens is 1. The van der Waals surface area contributed by atoms with Gasteiger partial charge in [-0.25, -0.2) is 0 Å². The van der Waals surface area contributed by atoms with Gasteiger partial charge in [0.1, 0.15) is 0 Å². The number of aliphatic hydroxyl groups excluding tert-OH is 1. The van der Waals surface area contributed by atoms with E-state index < -0.39 is 0 Å². The third-order valence-electron chi connectivity index (χ3n) is 3.13. The zero-order valence-corrected chi connectivity index (χ0v) is 12.0. The van der Waals surface area contributed by atoms with Crippen LogP contribution in [0.5, 0.6) is 0 Å². The van der Waals surface area contributed by atoms with Gasteiger partial charge in [-0.2, -0.15) is 0 Å². The molecule has 0 saturated heterocycles. The van der Waals surface area contributed by atoms with Crippen LogP contribution in [0.15, 0.2) is 42.5 Å². The molecule has 0 bridgehead atoms. The van der Waals surface area contributed by atoms with Crippen LogP contribution in [-0.4, -0.2) is 12.2 Å². The van der Waals surface area contributed by atoms with E-state index in [9.17, 15) is 5.11 Å². The number of anilines is 1. The quantitative estimate of drug-likeness (QED) is 0.918. The van der Waals surface area contributed by atoms with Crippen LogP contribution in [-0.2, 0) is 13.2 Å². The smallest absolute Gasteiger partial charge is 0.0702 e. The first-order valence-electron chi connectivity index (χ1n) is 6.26. The average Bonchev–Trinajstić information content (AvgIpc) is 2.38. The highest BCUT2D eigenvalue weighted by atomic mass is 35.5. The third kappa shape index (κ3) is 3.49. The number of aryl methyl sites for hydroxylation is 1. The van der Waals surface area contributed by atoms with Crippen molar-refractivity contribution >= 4 is 17.3 Å². The maximum Gasteiger partial charge on any atom is 0.0702 e. The van der Waals surface area contributed by atoms with Crippen molar-refractivity contribution in [1.29, 1.82) is 0 Å². The van der Waals surface area contributed by atoms with Crippen LogP contribution in [0.3, 0.4) is 0 Å². The minimum atomic E-state index is 0.0525. The molecule has 0 fully saturated rings. The van der Waals surface area contributed by atoms with Crippen LogP contribution in [0.1, 0.15) is 16.7 Å². The minimum Gasteiger partial charge on any atom is -0.392 e. The van der Waals surface area contributed by atoms with Crippen molar-refractivity contribution in [3.8, 4) is 0 Å². The largest absolute Gasteiger partial charge is 0.392 e. The number of nitrogens with zero attached hydrogens (tertiary/aromatic N) is 1. The Labute approximate surface area is 119 Å². The maximum absolute atomic E-state index is 9.45. The summed E-state index contributed by atoms with van der Waals surface area (Å²) in [5, 5.41) is 10.2. The lowest BCUT2D eigenvalue weighted by Gasteiger charge is -2.22. The van der Waals surface area contributed by atoms with Crippen molar-refractivity contribution in [2.24, 2.45) is 0 Å². The Hall–Kier alpha value is -1.51.